The molecule has 4 rings (SSSR count). The SMILES string of the molecule is CCn1c(=NC(=O)c2cc(C)no2)sc2cc3c(cc21)OCCO3. The number of thiazole rings is 1. The van der Waals surface area contributed by atoms with Crippen molar-refractivity contribution >= 4 is 27.5 Å². The van der Waals surface area contributed by atoms with Crippen molar-refractivity contribution < 1.29 is 18.8 Å². The maximum atomic E-state index is 12.3. The van der Waals surface area contributed by atoms with Crippen LogP contribution in [0.2, 0.25) is 0 Å². The summed E-state index contributed by atoms with van der Waals surface area (Å²) in [5, 5.41) is 3.72. The van der Waals surface area contributed by atoms with E-state index in [1.54, 1.807) is 13.0 Å². The minimum absolute atomic E-state index is 0.138. The standard InChI is InChI=1S/C16H15N3O4S/c1-3-19-10-7-11-12(22-5-4-21-11)8-14(10)24-16(19)17-15(20)13-6-9(2)18-23-13/h6-8H,3-5H2,1-2H3. The highest BCUT2D eigenvalue weighted by molar-refractivity contribution is 7.16. The summed E-state index contributed by atoms with van der Waals surface area (Å²) in [7, 11) is 0. The summed E-state index contributed by atoms with van der Waals surface area (Å²) < 4.78 is 19.2. The quantitative estimate of drug-likeness (QED) is 0.713. The van der Waals surface area contributed by atoms with Crippen molar-refractivity contribution in [3.8, 4) is 11.5 Å². The Morgan fingerprint density at radius 2 is 2.04 bits per heavy atom. The number of ether oxygens (including phenoxy) is 2. The third-order valence-electron chi connectivity index (χ3n) is 3.70. The largest absolute Gasteiger partial charge is 0.486 e. The summed E-state index contributed by atoms with van der Waals surface area (Å²) >= 11 is 1.43. The molecule has 0 aliphatic carbocycles. The van der Waals surface area contributed by atoms with Gasteiger partial charge >= 0.3 is 5.91 Å². The van der Waals surface area contributed by atoms with Gasteiger partial charge in [-0.1, -0.05) is 16.5 Å². The van der Waals surface area contributed by atoms with E-state index in [2.05, 4.69) is 10.1 Å². The molecular weight excluding hydrogens is 330 g/mol. The van der Waals surface area contributed by atoms with Crippen LogP contribution in [0.25, 0.3) is 10.2 Å². The summed E-state index contributed by atoms with van der Waals surface area (Å²) in [6.07, 6.45) is 0. The molecule has 3 aromatic rings. The topological polar surface area (TPSA) is 78.9 Å². The van der Waals surface area contributed by atoms with E-state index in [0.29, 0.717) is 30.3 Å². The van der Waals surface area contributed by atoms with Crippen molar-refractivity contribution in [3.63, 3.8) is 0 Å². The van der Waals surface area contributed by atoms with E-state index < -0.39 is 5.91 Å². The maximum absolute atomic E-state index is 12.3. The van der Waals surface area contributed by atoms with Crippen molar-refractivity contribution in [2.75, 3.05) is 13.2 Å². The number of carbonyl (C=O) groups is 1. The lowest BCUT2D eigenvalue weighted by atomic mass is 10.2. The Morgan fingerprint density at radius 3 is 2.71 bits per heavy atom. The Morgan fingerprint density at radius 1 is 1.29 bits per heavy atom. The molecule has 0 unspecified atom stereocenters. The van der Waals surface area contributed by atoms with Gasteiger partial charge in [-0.05, 0) is 13.8 Å². The lowest BCUT2D eigenvalue weighted by Crippen LogP contribution is -2.17. The van der Waals surface area contributed by atoms with Gasteiger partial charge in [-0.25, -0.2) is 0 Å². The molecule has 8 heteroatoms. The number of aryl methyl sites for hydroxylation is 2. The Bertz CT molecular complexity index is 999. The second-order valence-corrected chi connectivity index (χ2v) is 6.35. The molecule has 7 nitrogen and oxygen atoms in total. The first kappa shape index (κ1) is 14.9. The highest BCUT2D eigenvalue weighted by Crippen LogP contribution is 2.35. The molecular formula is C16H15N3O4S. The molecule has 1 amide bonds. The molecule has 0 saturated heterocycles. The minimum atomic E-state index is -0.443. The number of benzene rings is 1. The van der Waals surface area contributed by atoms with Gasteiger partial charge in [0.25, 0.3) is 0 Å². The molecule has 0 saturated carbocycles. The molecule has 1 aromatic carbocycles. The molecule has 0 fully saturated rings. The van der Waals surface area contributed by atoms with Crippen LogP contribution in [-0.4, -0.2) is 28.8 Å². The first-order valence-corrected chi connectivity index (χ1v) is 8.42. The molecule has 0 N–H and O–H groups in total. The van der Waals surface area contributed by atoms with Gasteiger partial charge in [-0.15, -0.1) is 0 Å². The van der Waals surface area contributed by atoms with Gasteiger partial charge < -0.3 is 18.6 Å². The average molecular weight is 345 g/mol. The summed E-state index contributed by atoms with van der Waals surface area (Å²) in [5.41, 5.74) is 1.61. The van der Waals surface area contributed by atoms with E-state index in [1.165, 1.54) is 11.3 Å². The minimum Gasteiger partial charge on any atom is -0.486 e. The van der Waals surface area contributed by atoms with E-state index in [0.717, 1.165) is 21.7 Å². The van der Waals surface area contributed by atoms with Gasteiger partial charge in [0, 0.05) is 24.7 Å². The lowest BCUT2D eigenvalue weighted by molar-refractivity contribution is 0.0962. The zero-order chi connectivity index (χ0) is 16.7. The van der Waals surface area contributed by atoms with Gasteiger partial charge in [0.05, 0.1) is 15.9 Å². The van der Waals surface area contributed by atoms with Gasteiger partial charge in [0.1, 0.15) is 13.2 Å². The van der Waals surface area contributed by atoms with Crippen LogP contribution in [0.1, 0.15) is 23.2 Å². The Kier molecular flexibility index (Phi) is 3.61. The highest BCUT2D eigenvalue weighted by atomic mass is 32.1. The summed E-state index contributed by atoms with van der Waals surface area (Å²) in [6.45, 7) is 5.52. The van der Waals surface area contributed by atoms with Crippen molar-refractivity contribution in [1.82, 2.24) is 9.72 Å². The molecule has 124 valence electrons. The molecule has 0 spiro atoms. The van der Waals surface area contributed by atoms with E-state index in [1.807, 2.05) is 23.6 Å². The van der Waals surface area contributed by atoms with E-state index in [-0.39, 0.29) is 5.76 Å². The third kappa shape index (κ3) is 2.48. The molecule has 0 radical (unpaired) electrons. The van der Waals surface area contributed by atoms with E-state index in [4.69, 9.17) is 14.0 Å². The maximum Gasteiger partial charge on any atom is 0.318 e. The zero-order valence-electron chi connectivity index (χ0n) is 13.2. The number of hydrogen-bond donors (Lipinski definition) is 0. The molecule has 24 heavy (non-hydrogen) atoms. The van der Waals surface area contributed by atoms with E-state index >= 15 is 0 Å². The van der Waals surface area contributed by atoms with Crippen molar-refractivity contribution in [3.05, 3.63) is 34.5 Å². The smallest absolute Gasteiger partial charge is 0.318 e. The van der Waals surface area contributed by atoms with E-state index in [9.17, 15) is 4.79 Å². The predicted octanol–water partition coefficient (Wildman–Crippen LogP) is 2.53. The van der Waals surface area contributed by atoms with Gasteiger partial charge in [0.15, 0.2) is 16.3 Å². The molecule has 2 aromatic heterocycles. The monoisotopic (exact) mass is 345 g/mol. The molecule has 0 atom stereocenters. The number of aromatic nitrogens is 2. The molecule has 3 heterocycles. The fraction of sp³-hybridized carbons (Fsp3) is 0.312. The number of amides is 1. The van der Waals surface area contributed by atoms with Crippen LogP contribution in [0.5, 0.6) is 11.5 Å². The second-order valence-electron chi connectivity index (χ2n) is 5.34. The zero-order valence-corrected chi connectivity index (χ0v) is 14.1. The summed E-state index contributed by atoms with van der Waals surface area (Å²) in [6, 6.07) is 5.45. The van der Waals surface area contributed by atoms with Crippen LogP contribution in [0.15, 0.2) is 27.7 Å². The van der Waals surface area contributed by atoms with Crippen LogP contribution < -0.4 is 14.3 Å². The van der Waals surface area contributed by atoms with Crippen LogP contribution in [0.3, 0.4) is 0 Å². The fourth-order valence-electron chi connectivity index (χ4n) is 2.60. The van der Waals surface area contributed by atoms with Crippen LogP contribution >= 0.6 is 11.3 Å². The highest BCUT2D eigenvalue weighted by Gasteiger charge is 2.17. The fourth-order valence-corrected chi connectivity index (χ4v) is 3.71. The Hall–Kier alpha value is -2.61. The van der Waals surface area contributed by atoms with Gasteiger partial charge in [-0.2, -0.15) is 4.99 Å². The van der Waals surface area contributed by atoms with Crippen molar-refractivity contribution in [2.24, 2.45) is 4.99 Å². The first-order valence-electron chi connectivity index (χ1n) is 7.61. The normalized spacial score (nSPS) is 14.3. The Balaban J connectivity index is 1.85. The number of carbonyl (C=O) groups excluding carboxylic acids is 1. The lowest BCUT2D eigenvalue weighted by Gasteiger charge is -2.18. The van der Waals surface area contributed by atoms with Crippen LogP contribution in [0, 0.1) is 6.92 Å². The average Bonchev–Trinajstić information content (AvgIpc) is 3.15. The summed E-state index contributed by atoms with van der Waals surface area (Å²) in [4.78, 5) is 17.1. The van der Waals surface area contributed by atoms with Crippen molar-refractivity contribution in [2.45, 2.75) is 20.4 Å². The van der Waals surface area contributed by atoms with Gasteiger partial charge in [-0.3, -0.25) is 4.79 Å². The number of fused-ring (bicyclic) bond motifs is 2. The number of hydrogen-bond acceptors (Lipinski definition) is 6. The third-order valence-corrected chi connectivity index (χ3v) is 4.74. The number of rotatable bonds is 2. The van der Waals surface area contributed by atoms with Crippen LogP contribution in [0.4, 0.5) is 0 Å². The molecule has 0 bridgehead atoms. The molecule has 1 aliphatic rings. The van der Waals surface area contributed by atoms with Gasteiger partial charge in [0.2, 0.25) is 5.76 Å². The van der Waals surface area contributed by atoms with Crippen LogP contribution in [-0.2, 0) is 6.54 Å². The Labute approximate surface area is 141 Å². The number of nitrogens with zero attached hydrogens (tertiary/aromatic N) is 3. The summed E-state index contributed by atoms with van der Waals surface area (Å²) in [5.74, 6) is 1.14. The second kappa shape index (κ2) is 5.79. The molecule has 1 aliphatic heterocycles. The predicted molar refractivity (Wildman–Crippen MR) is 87.6 cm³/mol. The van der Waals surface area contributed by atoms with Crippen molar-refractivity contribution in [1.29, 1.82) is 0 Å². The first-order chi connectivity index (χ1) is 11.7.